The van der Waals surface area contributed by atoms with Crippen LogP contribution in [-0.2, 0) is 39.3 Å². The maximum Gasteiger partial charge on any atom is 0.434 e. The Hall–Kier alpha value is -2.60. The lowest BCUT2D eigenvalue weighted by atomic mass is 10.1. The van der Waals surface area contributed by atoms with E-state index in [-0.39, 0.29) is 23.6 Å². The second-order valence-corrected chi connectivity index (χ2v) is 8.93. The van der Waals surface area contributed by atoms with E-state index in [1.54, 1.807) is 0 Å². The number of carbonyl (C=O) groups is 1. The number of carbonyl (C=O) groups excluding carboxylic acids is 1. The molecule has 0 spiro atoms. The van der Waals surface area contributed by atoms with Crippen LogP contribution >= 0.6 is 31.9 Å². The van der Waals surface area contributed by atoms with Gasteiger partial charge in [0.15, 0.2) is 5.69 Å². The number of methoxy groups -OCH3 is 1. The topological polar surface area (TPSA) is 73.7 Å². The molecule has 1 aromatic carbocycles. The van der Waals surface area contributed by atoms with E-state index in [1.807, 2.05) is 0 Å². The number of alkyl halides is 9. The van der Waals surface area contributed by atoms with Crippen LogP contribution < -0.4 is 10.5 Å². The molecule has 0 aliphatic rings. The van der Waals surface area contributed by atoms with Gasteiger partial charge >= 0.3 is 24.5 Å². The Bertz CT molecular complexity index is 1310. The van der Waals surface area contributed by atoms with E-state index >= 15 is 0 Å². The first-order valence-electron chi connectivity index (χ1n) is 10.3. The lowest BCUT2D eigenvalue weighted by molar-refractivity contribution is -0.154. The Labute approximate surface area is 230 Å². The van der Waals surface area contributed by atoms with E-state index < -0.39 is 80.2 Å². The number of benzene rings is 1. The van der Waals surface area contributed by atoms with E-state index in [9.17, 15) is 49.1 Å². The van der Waals surface area contributed by atoms with Crippen molar-refractivity contribution in [1.82, 2.24) is 9.55 Å². The molecule has 7 nitrogen and oxygen atoms in total. The summed E-state index contributed by atoms with van der Waals surface area (Å²) in [5.74, 6) is -2.64. The van der Waals surface area contributed by atoms with Crippen LogP contribution in [-0.4, -0.2) is 35.5 Å². The predicted molar refractivity (Wildman–Crippen MR) is 125 cm³/mol. The van der Waals surface area contributed by atoms with Crippen LogP contribution in [0.1, 0.15) is 23.7 Å². The highest BCUT2D eigenvalue weighted by Crippen LogP contribution is 2.46. The molecular weight excluding hydrogens is 689 g/mol. The van der Waals surface area contributed by atoms with Crippen LogP contribution in [0.5, 0.6) is 0 Å². The Kier molecular flexibility index (Phi) is 9.93. The molecule has 2 rings (SSSR count). The molecule has 216 valence electrons. The minimum absolute atomic E-state index is 0.115. The lowest BCUT2D eigenvalue weighted by Gasteiger charge is -2.33. The molecule has 18 heteroatoms. The quantitative estimate of drug-likeness (QED) is 0.132. The van der Waals surface area contributed by atoms with Crippen molar-refractivity contribution in [2.45, 2.75) is 38.2 Å². The largest absolute Gasteiger partial charge is 0.463 e. The number of allylic oxidation sites excluding steroid dienone is 1. The maximum absolute atomic E-state index is 13.8. The standard InChI is InChI=1S/C21H16Br2F9N3O4/c1-4-6-34-15(36)13(23)14(21(30,31)32)33-18(34)35(16(38-3)17(37)39-5-2)11-8-9(19(24,25)26)7-10(12(11)22)20(27,28)29/h4,7-8,16H,1,5-6H2,2-3H3. The molecule has 0 radical (unpaired) electrons. The zero-order valence-electron chi connectivity index (χ0n) is 19.6. The average molecular weight is 705 g/mol. The number of esters is 1. The summed E-state index contributed by atoms with van der Waals surface area (Å²) >= 11 is 5.03. The fourth-order valence-corrected chi connectivity index (χ4v) is 4.37. The number of halogens is 11. The predicted octanol–water partition coefficient (Wildman–Crippen LogP) is 6.68. The summed E-state index contributed by atoms with van der Waals surface area (Å²) in [6.45, 7) is 3.62. The summed E-state index contributed by atoms with van der Waals surface area (Å²) in [6, 6.07) is -0.130. The van der Waals surface area contributed by atoms with Crippen molar-refractivity contribution in [2.75, 3.05) is 18.6 Å². The van der Waals surface area contributed by atoms with Gasteiger partial charge in [-0.15, -0.1) is 6.58 Å². The number of ether oxygens (including phenoxy) is 2. The third-order valence-electron chi connectivity index (χ3n) is 4.78. The van der Waals surface area contributed by atoms with E-state index in [4.69, 9.17) is 9.47 Å². The second-order valence-electron chi connectivity index (χ2n) is 7.34. The number of nitrogens with zero attached hydrogens (tertiary/aromatic N) is 3. The van der Waals surface area contributed by atoms with Gasteiger partial charge in [-0.05, 0) is 50.9 Å². The highest BCUT2D eigenvalue weighted by molar-refractivity contribution is 9.11. The van der Waals surface area contributed by atoms with Crippen LogP contribution in [0.4, 0.5) is 51.1 Å². The molecule has 0 saturated heterocycles. The van der Waals surface area contributed by atoms with Crippen molar-refractivity contribution in [1.29, 1.82) is 0 Å². The Balaban J connectivity index is 3.23. The van der Waals surface area contributed by atoms with Gasteiger partial charge in [-0.25, -0.2) is 9.78 Å². The SMILES string of the molecule is C=CCn1c(N(c2cc(C(F)(F)F)cc(C(F)(F)F)c2Br)C(OC)C(=O)OCC)nc(C(F)(F)F)c(Br)c1=O. The van der Waals surface area contributed by atoms with Crippen molar-refractivity contribution in [3.05, 3.63) is 60.9 Å². The van der Waals surface area contributed by atoms with Crippen molar-refractivity contribution >= 4 is 49.5 Å². The van der Waals surface area contributed by atoms with Gasteiger partial charge in [-0.3, -0.25) is 14.3 Å². The first-order valence-corrected chi connectivity index (χ1v) is 11.8. The van der Waals surface area contributed by atoms with Gasteiger partial charge in [0.2, 0.25) is 12.2 Å². The summed E-state index contributed by atoms with van der Waals surface area (Å²) in [5.41, 5.74) is -8.29. The molecule has 39 heavy (non-hydrogen) atoms. The molecule has 0 fully saturated rings. The third-order valence-corrected chi connectivity index (χ3v) is 6.33. The Morgan fingerprint density at radius 1 is 1.08 bits per heavy atom. The fraction of sp³-hybridized carbons (Fsp3) is 0.381. The molecular formula is C21H16Br2F9N3O4. The summed E-state index contributed by atoms with van der Waals surface area (Å²) < 4.78 is 132. The summed E-state index contributed by atoms with van der Waals surface area (Å²) in [4.78, 5) is 29.1. The molecule has 1 aromatic heterocycles. The monoisotopic (exact) mass is 703 g/mol. The van der Waals surface area contributed by atoms with E-state index in [0.29, 0.717) is 4.57 Å². The number of hydrogen-bond acceptors (Lipinski definition) is 6. The molecule has 0 saturated carbocycles. The summed E-state index contributed by atoms with van der Waals surface area (Å²) in [7, 11) is 0.778. The van der Waals surface area contributed by atoms with Crippen LogP contribution in [0.3, 0.4) is 0 Å². The average Bonchev–Trinajstić information content (AvgIpc) is 2.79. The van der Waals surface area contributed by atoms with Crippen LogP contribution in [0.2, 0.25) is 0 Å². The van der Waals surface area contributed by atoms with E-state index in [1.165, 1.54) is 6.92 Å². The molecule has 2 aromatic rings. The third kappa shape index (κ3) is 6.95. The smallest absolute Gasteiger partial charge is 0.434 e. The van der Waals surface area contributed by atoms with Gasteiger partial charge in [-0.2, -0.15) is 39.5 Å². The lowest BCUT2D eigenvalue weighted by Crippen LogP contribution is -2.45. The zero-order valence-corrected chi connectivity index (χ0v) is 22.7. The first-order chi connectivity index (χ1) is 17.8. The highest BCUT2D eigenvalue weighted by Gasteiger charge is 2.44. The van der Waals surface area contributed by atoms with Gasteiger partial charge in [-0.1, -0.05) is 6.08 Å². The first kappa shape index (κ1) is 32.6. The molecule has 1 atom stereocenters. The molecule has 0 bridgehead atoms. The van der Waals surface area contributed by atoms with E-state index in [0.717, 1.165) is 13.2 Å². The van der Waals surface area contributed by atoms with Crippen molar-refractivity contribution in [3.63, 3.8) is 0 Å². The van der Waals surface area contributed by atoms with Crippen LogP contribution in [0.15, 0.2) is 38.5 Å². The van der Waals surface area contributed by atoms with Crippen molar-refractivity contribution in [2.24, 2.45) is 0 Å². The zero-order chi connectivity index (χ0) is 30.1. The molecule has 0 amide bonds. The molecule has 0 aliphatic carbocycles. The molecule has 1 heterocycles. The van der Waals surface area contributed by atoms with Gasteiger partial charge in [0.25, 0.3) is 5.56 Å². The fourth-order valence-electron chi connectivity index (χ4n) is 3.20. The van der Waals surface area contributed by atoms with Gasteiger partial charge in [0.1, 0.15) is 4.47 Å². The van der Waals surface area contributed by atoms with Crippen molar-refractivity contribution < 1.29 is 53.8 Å². The van der Waals surface area contributed by atoms with E-state index in [2.05, 4.69) is 43.4 Å². The van der Waals surface area contributed by atoms with Crippen LogP contribution in [0, 0.1) is 0 Å². The van der Waals surface area contributed by atoms with Gasteiger partial charge in [0, 0.05) is 13.7 Å². The second kappa shape index (κ2) is 11.9. The maximum atomic E-state index is 13.8. The number of anilines is 2. The van der Waals surface area contributed by atoms with Gasteiger partial charge < -0.3 is 9.47 Å². The highest BCUT2D eigenvalue weighted by atomic mass is 79.9. The normalized spacial score (nSPS) is 13.3. The number of hydrogen-bond donors (Lipinski definition) is 0. The van der Waals surface area contributed by atoms with Gasteiger partial charge in [0.05, 0.1) is 27.9 Å². The minimum Gasteiger partial charge on any atom is -0.463 e. The van der Waals surface area contributed by atoms with Crippen LogP contribution in [0.25, 0.3) is 0 Å². The minimum atomic E-state index is -5.42. The molecule has 0 N–H and O–H groups in total. The number of rotatable bonds is 8. The molecule has 0 aliphatic heterocycles. The Morgan fingerprint density at radius 2 is 1.67 bits per heavy atom. The number of aromatic nitrogens is 2. The molecule has 1 unspecified atom stereocenters. The summed E-state index contributed by atoms with van der Waals surface area (Å²) in [6.07, 6.45) is -17.5. The van der Waals surface area contributed by atoms with Crippen molar-refractivity contribution in [3.8, 4) is 0 Å². The Morgan fingerprint density at radius 3 is 2.10 bits per heavy atom. The summed E-state index contributed by atoms with van der Waals surface area (Å²) in [5, 5.41) is 0.